The van der Waals surface area contributed by atoms with Gasteiger partial charge < -0.3 is 9.84 Å². The molecule has 0 aliphatic heterocycles. The van der Waals surface area contributed by atoms with Gasteiger partial charge in [-0.25, -0.2) is 14.8 Å². The second kappa shape index (κ2) is 7.67. The van der Waals surface area contributed by atoms with E-state index in [-0.39, 0.29) is 5.56 Å². The summed E-state index contributed by atoms with van der Waals surface area (Å²) >= 11 is 0. The molecule has 134 valence electrons. The molecular weight excluding hydrogens is 342 g/mol. The van der Waals surface area contributed by atoms with E-state index in [1.165, 1.54) is 11.8 Å². The predicted molar refractivity (Wildman–Crippen MR) is 99.4 cm³/mol. The lowest BCUT2D eigenvalue weighted by Crippen LogP contribution is -2.04. The summed E-state index contributed by atoms with van der Waals surface area (Å²) in [6.45, 7) is 3.99. The lowest BCUT2D eigenvalue weighted by Gasteiger charge is -2.10. The quantitative estimate of drug-likeness (QED) is 0.742. The van der Waals surface area contributed by atoms with Crippen LogP contribution in [0.5, 0.6) is 5.75 Å². The lowest BCUT2D eigenvalue weighted by atomic mass is 10.1. The number of nitriles is 1. The van der Waals surface area contributed by atoms with Gasteiger partial charge in [0.05, 0.1) is 16.8 Å². The smallest absolute Gasteiger partial charge is 0.339 e. The molecule has 1 heterocycles. The van der Waals surface area contributed by atoms with Crippen molar-refractivity contribution < 1.29 is 14.6 Å². The fraction of sp³-hybridized carbons (Fsp3) is 0.143. The van der Waals surface area contributed by atoms with Crippen LogP contribution in [0.4, 0.5) is 0 Å². The number of aromatic carboxylic acids is 1. The molecule has 0 bridgehead atoms. The number of carboxylic acids is 1. The maximum atomic E-state index is 11.1. The zero-order valence-corrected chi connectivity index (χ0v) is 14.9. The normalized spacial score (nSPS) is 10.3. The summed E-state index contributed by atoms with van der Waals surface area (Å²) in [5.74, 6) is -0.239. The van der Waals surface area contributed by atoms with E-state index in [0.29, 0.717) is 35.0 Å². The minimum atomic E-state index is -1.07. The second-order valence-electron chi connectivity index (χ2n) is 6.09. The van der Waals surface area contributed by atoms with Crippen molar-refractivity contribution in [1.29, 1.82) is 5.26 Å². The zero-order chi connectivity index (χ0) is 19.4. The molecule has 6 nitrogen and oxygen atoms in total. The Bertz CT molecular complexity index is 1040. The van der Waals surface area contributed by atoms with Crippen LogP contribution in [-0.4, -0.2) is 21.0 Å². The third kappa shape index (κ3) is 4.10. The molecule has 0 atom stereocenters. The first-order valence-electron chi connectivity index (χ1n) is 8.27. The van der Waals surface area contributed by atoms with Gasteiger partial charge in [-0.1, -0.05) is 29.8 Å². The molecule has 0 spiro atoms. The first-order valence-corrected chi connectivity index (χ1v) is 8.27. The molecule has 0 unspecified atom stereocenters. The Kier molecular flexibility index (Phi) is 5.13. The average molecular weight is 359 g/mol. The van der Waals surface area contributed by atoms with Gasteiger partial charge in [0.25, 0.3) is 0 Å². The zero-order valence-electron chi connectivity index (χ0n) is 14.9. The number of carboxylic acid groups (broad SMARTS) is 1. The molecule has 1 aromatic heterocycles. The maximum Gasteiger partial charge on any atom is 0.339 e. The molecule has 1 N–H and O–H groups in total. The van der Waals surface area contributed by atoms with Crippen LogP contribution >= 0.6 is 0 Å². The van der Waals surface area contributed by atoms with E-state index in [0.717, 1.165) is 5.56 Å². The molecule has 27 heavy (non-hydrogen) atoms. The Morgan fingerprint density at radius 1 is 1.19 bits per heavy atom. The molecule has 3 rings (SSSR count). The van der Waals surface area contributed by atoms with Gasteiger partial charge in [0.15, 0.2) is 5.82 Å². The largest absolute Gasteiger partial charge is 0.488 e. The SMILES string of the molecule is Cc1ccc(COc2ccc(-c3ncc(C(=O)O)c(C)n3)cc2C#N)cc1. The van der Waals surface area contributed by atoms with Crippen LogP contribution < -0.4 is 4.74 Å². The van der Waals surface area contributed by atoms with Gasteiger partial charge in [-0.3, -0.25) is 0 Å². The second-order valence-corrected chi connectivity index (χ2v) is 6.09. The van der Waals surface area contributed by atoms with Crippen LogP contribution in [0.2, 0.25) is 0 Å². The molecule has 0 aliphatic carbocycles. The van der Waals surface area contributed by atoms with Crippen molar-refractivity contribution in [3.63, 3.8) is 0 Å². The van der Waals surface area contributed by atoms with E-state index < -0.39 is 5.97 Å². The minimum absolute atomic E-state index is 0.0531. The summed E-state index contributed by atoms with van der Waals surface area (Å²) < 4.78 is 5.78. The number of hydrogen-bond donors (Lipinski definition) is 1. The van der Waals surface area contributed by atoms with E-state index in [4.69, 9.17) is 9.84 Å². The van der Waals surface area contributed by atoms with Crippen molar-refractivity contribution >= 4 is 5.97 Å². The summed E-state index contributed by atoms with van der Waals surface area (Å²) in [7, 11) is 0. The molecule has 3 aromatic rings. The monoisotopic (exact) mass is 359 g/mol. The Labute approximate surface area is 156 Å². The fourth-order valence-electron chi connectivity index (χ4n) is 2.54. The Balaban J connectivity index is 1.84. The molecule has 0 saturated heterocycles. The number of hydrogen-bond acceptors (Lipinski definition) is 5. The number of ether oxygens (including phenoxy) is 1. The summed E-state index contributed by atoms with van der Waals surface area (Å²) in [5, 5.41) is 18.5. The first kappa shape index (κ1) is 18.1. The van der Waals surface area contributed by atoms with Gasteiger partial charge in [-0.05, 0) is 37.6 Å². The van der Waals surface area contributed by atoms with Crippen LogP contribution in [0, 0.1) is 25.2 Å². The molecule has 0 amide bonds. The standard InChI is InChI=1S/C21H17N3O3/c1-13-3-5-15(6-4-13)12-27-19-8-7-16(9-17(19)10-22)20-23-11-18(21(25)26)14(2)24-20/h3-9,11H,12H2,1-2H3,(H,25,26). The summed E-state index contributed by atoms with van der Waals surface area (Å²) in [6, 6.07) is 15.2. The van der Waals surface area contributed by atoms with Crippen molar-refractivity contribution in [2.75, 3.05) is 0 Å². The van der Waals surface area contributed by atoms with Crippen LogP contribution in [0.1, 0.15) is 32.7 Å². The van der Waals surface area contributed by atoms with E-state index in [1.807, 2.05) is 31.2 Å². The molecule has 0 fully saturated rings. The van der Waals surface area contributed by atoms with Gasteiger partial charge in [-0.2, -0.15) is 5.26 Å². The highest BCUT2D eigenvalue weighted by Gasteiger charge is 2.13. The van der Waals surface area contributed by atoms with E-state index in [2.05, 4.69) is 16.0 Å². The highest BCUT2D eigenvalue weighted by Crippen LogP contribution is 2.25. The Hall–Kier alpha value is -3.72. The van der Waals surface area contributed by atoms with Crippen LogP contribution in [0.15, 0.2) is 48.7 Å². The van der Waals surface area contributed by atoms with Crippen molar-refractivity contribution in [2.24, 2.45) is 0 Å². The first-order chi connectivity index (χ1) is 13.0. The number of nitrogens with zero attached hydrogens (tertiary/aromatic N) is 3. The van der Waals surface area contributed by atoms with Gasteiger partial charge in [0.2, 0.25) is 0 Å². The number of rotatable bonds is 5. The van der Waals surface area contributed by atoms with E-state index in [9.17, 15) is 10.1 Å². The van der Waals surface area contributed by atoms with Crippen molar-refractivity contribution in [2.45, 2.75) is 20.5 Å². The summed E-state index contributed by atoms with van der Waals surface area (Å²) in [5.41, 5.74) is 3.59. The third-order valence-electron chi connectivity index (χ3n) is 4.08. The van der Waals surface area contributed by atoms with Crippen LogP contribution in [0.25, 0.3) is 11.4 Å². The number of benzene rings is 2. The molecule has 2 aromatic carbocycles. The summed E-state index contributed by atoms with van der Waals surface area (Å²) in [6.07, 6.45) is 1.27. The van der Waals surface area contributed by atoms with Gasteiger partial charge in [-0.15, -0.1) is 0 Å². The van der Waals surface area contributed by atoms with Crippen LogP contribution in [0.3, 0.4) is 0 Å². The highest BCUT2D eigenvalue weighted by molar-refractivity contribution is 5.88. The molecular formula is C21H17N3O3. The topological polar surface area (TPSA) is 96.1 Å². The number of carbonyl (C=O) groups is 1. The van der Waals surface area contributed by atoms with Crippen molar-refractivity contribution in [1.82, 2.24) is 9.97 Å². The molecule has 0 aliphatic rings. The van der Waals surface area contributed by atoms with E-state index >= 15 is 0 Å². The summed E-state index contributed by atoms with van der Waals surface area (Å²) in [4.78, 5) is 19.4. The molecule has 0 saturated carbocycles. The highest BCUT2D eigenvalue weighted by atomic mass is 16.5. The lowest BCUT2D eigenvalue weighted by molar-refractivity contribution is 0.0695. The number of aromatic nitrogens is 2. The maximum absolute atomic E-state index is 11.1. The molecule has 0 radical (unpaired) electrons. The third-order valence-corrected chi connectivity index (χ3v) is 4.08. The van der Waals surface area contributed by atoms with Gasteiger partial charge >= 0.3 is 5.97 Å². The fourth-order valence-corrected chi connectivity index (χ4v) is 2.54. The number of aryl methyl sites for hydroxylation is 2. The van der Waals surface area contributed by atoms with E-state index in [1.54, 1.807) is 25.1 Å². The average Bonchev–Trinajstić information content (AvgIpc) is 2.67. The Morgan fingerprint density at radius 3 is 2.56 bits per heavy atom. The van der Waals surface area contributed by atoms with Crippen molar-refractivity contribution in [3.8, 4) is 23.2 Å². The van der Waals surface area contributed by atoms with Gasteiger partial charge in [0, 0.05) is 11.8 Å². The Morgan fingerprint density at radius 2 is 1.93 bits per heavy atom. The van der Waals surface area contributed by atoms with Gasteiger partial charge in [0.1, 0.15) is 18.4 Å². The minimum Gasteiger partial charge on any atom is -0.488 e. The van der Waals surface area contributed by atoms with Crippen LogP contribution in [-0.2, 0) is 6.61 Å². The molecule has 6 heteroatoms. The predicted octanol–water partition coefficient (Wildman–Crippen LogP) is 3.91. The van der Waals surface area contributed by atoms with Crippen molar-refractivity contribution in [3.05, 3.63) is 76.6 Å².